The second kappa shape index (κ2) is 6.78. The third-order valence-corrected chi connectivity index (χ3v) is 3.71. The van der Waals surface area contributed by atoms with Crippen LogP contribution < -0.4 is 10.5 Å². The molecule has 5 heteroatoms. The molecule has 0 saturated carbocycles. The van der Waals surface area contributed by atoms with Crippen molar-refractivity contribution in [3.63, 3.8) is 0 Å². The highest BCUT2D eigenvalue weighted by molar-refractivity contribution is 6.32. The number of hydrogen-bond acceptors (Lipinski definition) is 3. The van der Waals surface area contributed by atoms with E-state index in [2.05, 4.69) is 0 Å². The highest BCUT2D eigenvalue weighted by Crippen LogP contribution is 2.31. The molecule has 1 atom stereocenters. The number of halogens is 2. The zero-order valence-electron chi connectivity index (χ0n) is 11.6. The van der Waals surface area contributed by atoms with Crippen LogP contribution in [-0.4, -0.2) is 18.8 Å². The Labute approximate surface area is 128 Å². The van der Waals surface area contributed by atoms with Crippen LogP contribution in [0.4, 0.5) is 4.39 Å². The van der Waals surface area contributed by atoms with Crippen molar-refractivity contribution in [3.05, 3.63) is 58.4 Å². The number of phenols is 1. The number of ether oxygens (including phenoxy) is 1. The molecule has 3 nitrogen and oxygen atoms in total. The number of hydrogen-bond donors (Lipinski definition) is 2. The van der Waals surface area contributed by atoms with Gasteiger partial charge in [-0.15, -0.1) is 0 Å². The molecule has 0 radical (unpaired) electrons. The molecule has 0 aliphatic rings. The van der Waals surface area contributed by atoms with Crippen molar-refractivity contribution in [3.8, 4) is 11.5 Å². The highest BCUT2D eigenvalue weighted by atomic mass is 35.5. The molecule has 0 spiro atoms. The van der Waals surface area contributed by atoms with Crippen molar-refractivity contribution < 1.29 is 14.2 Å². The van der Waals surface area contributed by atoms with Crippen molar-refractivity contribution >= 4 is 11.6 Å². The molecule has 112 valence electrons. The van der Waals surface area contributed by atoms with E-state index < -0.39 is 0 Å². The van der Waals surface area contributed by atoms with Gasteiger partial charge in [-0.3, -0.25) is 0 Å². The number of phenolic OH excluding ortho intramolecular Hbond substituents is 1. The van der Waals surface area contributed by atoms with Crippen LogP contribution >= 0.6 is 11.6 Å². The van der Waals surface area contributed by atoms with Crippen molar-refractivity contribution in [2.75, 3.05) is 13.7 Å². The van der Waals surface area contributed by atoms with E-state index >= 15 is 0 Å². The molecule has 0 bridgehead atoms. The van der Waals surface area contributed by atoms with Gasteiger partial charge in [0.1, 0.15) is 17.3 Å². The largest absolute Gasteiger partial charge is 0.506 e. The Balaban J connectivity index is 2.31. The minimum Gasteiger partial charge on any atom is -0.506 e. The van der Waals surface area contributed by atoms with Gasteiger partial charge in [0.15, 0.2) is 0 Å². The van der Waals surface area contributed by atoms with E-state index in [4.69, 9.17) is 22.1 Å². The summed E-state index contributed by atoms with van der Waals surface area (Å²) in [7, 11) is 1.54. The fourth-order valence-electron chi connectivity index (χ4n) is 2.31. The molecule has 0 amide bonds. The molecule has 3 N–H and O–H groups in total. The number of methoxy groups -OCH3 is 1. The second-order valence-electron chi connectivity index (χ2n) is 4.81. The molecule has 2 aromatic rings. The first-order valence-corrected chi connectivity index (χ1v) is 6.93. The number of benzene rings is 2. The molecule has 1 unspecified atom stereocenters. The zero-order chi connectivity index (χ0) is 15.4. The average molecular weight is 310 g/mol. The van der Waals surface area contributed by atoms with E-state index in [0.717, 1.165) is 11.1 Å². The van der Waals surface area contributed by atoms with Gasteiger partial charge in [-0.25, -0.2) is 4.39 Å². The fourth-order valence-corrected chi connectivity index (χ4v) is 2.51. The molecule has 0 saturated heterocycles. The number of aromatic hydroxyl groups is 1. The van der Waals surface area contributed by atoms with Crippen LogP contribution in [0.25, 0.3) is 0 Å². The quantitative estimate of drug-likeness (QED) is 0.889. The lowest BCUT2D eigenvalue weighted by molar-refractivity contribution is 0.403. The normalized spacial score (nSPS) is 12.2. The summed E-state index contributed by atoms with van der Waals surface area (Å²) in [6.07, 6.45) is 0.580. The Morgan fingerprint density at radius 2 is 2.05 bits per heavy atom. The van der Waals surface area contributed by atoms with Gasteiger partial charge in [0.05, 0.1) is 12.1 Å². The first-order chi connectivity index (χ1) is 10.0. The van der Waals surface area contributed by atoms with Gasteiger partial charge < -0.3 is 15.6 Å². The van der Waals surface area contributed by atoms with Crippen LogP contribution in [-0.2, 0) is 6.42 Å². The minimum atomic E-state index is -0.326. The molecule has 0 aliphatic heterocycles. The van der Waals surface area contributed by atoms with Gasteiger partial charge in [-0.2, -0.15) is 0 Å². The highest BCUT2D eigenvalue weighted by Gasteiger charge is 2.17. The summed E-state index contributed by atoms with van der Waals surface area (Å²) >= 11 is 5.90. The van der Waals surface area contributed by atoms with Crippen molar-refractivity contribution in [2.45, 2.75) is 12.3 Å². The Bertz CT molecular complexity index is 634. The second-order valence-corrected chi connectivity index (χ2v) is 5.22. The smallest absolute Gasteiger partial charge is 0.134 e. The predicted molar refractivity (Wildman–Crippen MR) is 81.6 cm³/mol. The lowest BCUT2D eigenvalue weighted by atomic mass is 9.91. The molecule has 2 aromatic carbocycles. The molecule has 0 fully saturated rings. The van der Waals surface area contributed by atoms with Gasteiger partial charge in [-0.1, -0.05) is 17.7 Å². The zero-order valence-corrected chi connectivity index (χ0v) is 12.4. The Hall–Kier alpha value is -1.78. The molecular formula is C16H17ClFNO2. The maximum absolute atomic E-state index is 13.5. The molecule has 2 rings (SSSR count). The first-order valence-electron chi connectivity index (χ1n) is 6.56. The van der Waals surface area contributed by atoms with Crippen molar-refractivity contribution in [2.24, 2.45) is 5.73 Å². The topological polar surface area (TPSA) is 55.5 Å². The minimum absolute atomic E-state index is 0.0352. The van der Waals surface area contributed by atoms with Crippen LogP contribution in [0.15, 0.2) is 36.4 Å². The van der Waals surface area contributed by atoms with Gasteiger partial charge in [0.2, 0.25) is 0 Å². The predicted octanol–water partition coefficient (Wildman–Crippen LogP) is 3.48. The van der Waals surface area contributed by atoms with E-state index in [1.807, 2.05) is 0 Å². The lowest BCUT2D eigenvalue weighted by Gasteiger charge is -2.18. The molecular weight excluding hydrogens is 293 g/mol. The van der Waals surface area contributed by atoms with E-state index in [1.54, 1.807) is 25.3 Å². The molecule has 0 aromatic heterocycles. The molecule has 21 heavy (non-hydrogen) atoms. The van der Waals surface area contributed by atoms with Crippen molar-refractivity contribution in [1.29, 1.82) is 0 Å². The number of nitrogens with two attached hydrogens (primary N) is 1. The summed E-state index contributed by atoms with van der Waals surface area (Å²) in [5.41, 5.74) is 7.48. The van der Waals surface area contributed by atoms with E-state index in [1.165, 1.54) is 18.2 Å². The number of rotatable bonds is 5. The maximum Gasteiger partial charge on any atom is 0.134 e. The van der Waals surface area contributed by atoms with Crippen LogP contribution in [0.5, 0.6) is 11.5 Å². The Morgan fingerprint density at radius 1 is 1.29 bits per heavy atom. The van der Waals surface area contributed by atoms with Gasteiger partial charge in [0, 0.05) is 11.5 Å². The maximum atomic E-state index is 13.5. The summed E-state index contributed by atoms with van der Waals surface area (Å²) in [4.78, 5) is 0. The SMILES string of the molecule is COc1ccc(F)cc1C(CN)Cc1ccc(O)c(Cl)c1. The summed E-state index contributed by atoms with van der Waals surface area (Å²) in [6, 6.07) is 9.39. The first kappa shape index (κ1) is 15.6. The molecule has 0 heterocycles. The summed E-state index contributed by atoms with van der Waals surface area (Å²) in [5.74, 6) is 0.217. The third kappa shape index (κ3) is 3.65. The average Bonchev–Trinajstić information content (AvgIpc) is 2.48. The summed E-state index contributed by atoms with van der Waals surface area (Å²) < 4.78 is 18.8. The van der Waals surface area contributed by atoms with Crippen LogP contribution in [0.2, 0.25) is 5.02 Å². The Kier molecular flexibility index (Phi) is 5.04. The molecule has 0 aliphatic carbocycles. The van der Waals surface area contributed by atoms with Crippen LogP contribution in [0.3, 0.4) is 0 Å². The third-order valence-electron chi connectivity index (χ3n) is 3.41. The monoisotopic (exact) mass is 309 g/mol. The van der Waals surface area contributed by atoms with E-state index in [0.29, 0.717) is 18.7 Å². The fraction of sp³-hybridized carbons (Fsp3) is 0.250. The van der Waals surface area contributed by atoms with Crippen LogP contribution in [0.1, 0.15) is 17.0 Å². The van der Waals surface area contributed by atoms with E-state index in [9.17, 15) is 9.50 Å². The standard InChI is InChI=1S/C16H17ClFNO2/c1-21-16-5-3-12(18)8-13(16)11(9-19)6-10-2-4-15(20)14(17)7-10/h2-5,7-8,11,20H,6,9,19H2,1H3. The summed E-state index contributed by atoms with van der Waals surface area (Å²) in [5, 5.41) is 9.73. The van der Waals surface area contributed by atoms with Crippen LogP contribution in [0, 0.1) is 5.82 Å². The Morgan fingerprint density at radius 3 is 2.67 bits per heavy atom. The van der Waals surface area contributed by atoms with Gasteiger partial charge >= 0.3 is 0 Å². The van der Waals surface area contributed by atoms with E-state index in [-0.39, 0.29) is 22.5 Å². The van der Waals surface area contributed by atoms with Gasteiger partial charge in [-0.05, 0) is 48.9 Å². The summed E-state index contributed by atoms with van der Waals surface area (Å²) in [6.45, 7) is 0.346. The lowest BCUT2D eigenvalue weighted by Crippen LogP contribution is -2.16. The van der Waals surface area contributed by atoms with Crippen molar-refractivity contribution in [1.82, 2.24) is 0 Å². The van der Waals surface area contributed by atoms with Gasteiger partial charge in [0.25, 0.3) is 0 Å².